The topological polar surface area (TPSA) is 72.9 Å². The van der Waals surface area contributed by atoms with E-state index >= 15 is 0 Å². The van der Waals surface area contributed by atoms with E-state index in [2.05, 4.69) is 52.0 Å². The number of rotatable bonds is 14. The molecule has 0 N–H and O–H groups in total. The summed E-state index contributed by atoms with van der Waals surface area (Å²) in [6, 6.07) is 18.4. The third-order valence-electron chi connectivity index (χ3n) is 8.88. The summed E-state index contributed by atoms with van der Waals surface area (Å²) >= 11 is -0.504. The van der Waals surface area contributed by atoms with Gasteiger partial charge >= 0.3 is 263 Å². The number of ether oxygens (including phenoxy) is 2. The number of likely N-dealkylation sites (tertiary alicyclic amines) is 1. The molecule has 0 bridgehead atoms. The van der Waals surface area contributed by atoms with E-state index in [0.29, 0.717) is 24.8 Å². The predicted octanol–water partition coefficient (Wildman–Crippen LogP) is 7.78. The van der Waals surface area contributed by atoms with Gasteiger partial charge in [0, 0.05) is 0 Å². The Hall–Kier alpha value is -3.09. The van der Waals surface area contributed by atoms with Crippen LogP contribution in [0.5, 0.6) is 0 Å². The quantitative estimate of drug-likeness (QED) is 0.0870. The van der Waals surface area contributed by atoms with Gasteiger partial charge in [0.2, 0.25) is 0 Å². The van der Waals surface area contributed by atoms with Gasteiger partial charge in [-0.05, 0) is 13.8 Å². The van der Waals surface area contributed by atoms with Crippen LogP contribution in [0.25, 0.3) is 0 Å². The zero-order valence-corrected chi connectivity index (χ0v) is 30.7. The molecule has 1 unspecified atom stereocenters. The van der Waals surface area contributed by atoms with E-state index in [1.807, 2.05) is 57.2 Å². The molecule has 2 aliphatic rings. The molecule has 2 fully saturated rings. The Labute approximate surface area is 287 Å². The van der Waals surface area contributed by atoms with Gasteiger partial charge in [-0.15, -0.1) is 0 Å². The molecule has 2 aromatic carbocycles. The minimum absolute atomic E-state index is 0.101. The Morgan fingerprint density at radius 1 is 0.957 bits per heavy atom. The third kappa shape index (κ3) is 9.51. The Kier molecular flexibility index (Phi) is 12.8. The zero-order valence-electron chi connectivity index (χ0n) is 29.0. The van der Waals surface area contributed by atoms with Crippen LogP contribution >= 0.6 is 0 Å². The summed E-state index contributed by atoms with van der Waals surface area (Å²) in [6.45, 7) is 14.2. The van der Waals surface area contributed by atoms with Crippen molar-refractivity contribution in [3.8, 4) is 0 Å². The molecule has 0 spiro atoms. The summed E-state index contributed by atoms with van der Waals surface area (Å²) in [5.41, 5.74) is 2.92. The van der Waals surface area contributed by atoms with Crippen molar-refractivity contribution in [2.45, 2.75) is 115 Å². The van der Waals surface area contributed by atoms with Gasteiger partial charge in [0.25, 0.3) is 0 Å². The van der Waals surface area contributed by atoms with Crippen molar-refractivity contribution in [1.82, 2.24) is 4.90 Å². The number of benzene rings is 2. The fourth-order valence-corrected chi connectivity index (χ4v) is 9.31. The van der Waals surface area contributed by atoms with Gasteiger partial charge < -0.3 is 0 Å². The van der Waals surface area contributed by atoms with Crippen LogP contribution in [0.2, 0.25) is 4.31 Å². The molecule has 0 saturated carbocycles. The average Bonchev–Trinajstić information content (AvgIpc) is 3.49. The molecule has 0 aromatic heterocycles. The molecule has 7 heteroatoms. The van der Waals surface area contributed by atoms with Crippen molar-refractivity contribution in [3.63, 3.8) is 0 Å². The Morgan fingerprint density at radius 2 is 1.55 bits per heavy atom. The Balaban J connectivity index is 1.57. The van der Waals surface area contributed by atoms with Crippen molar-refractivity contribution >= 4 is 37.0 Å². The van der Waals surface area contributed by atoms with Crippen molar-refractivity contribution in [2.24, 2.45) is 5.92 Å². The number of amides is 2. The van der Waals surface area contributed by atoms with Crippen molar-refractivity contribution in [2.75, 3.05) is 0 Å². The molecule has 0 aliphatic carbocycles. The molecule has 4 atom stereocenters. The van der Waals surface area contributed by atoms with Gasteiger partial charge in [0.1, 0.15) is 0 Å². The van der Waals surface area contributed by atoms with Crippen molar-refractivity contribution in [3.05, 3.63) is 102 Å². The van der Waals surface area contributed by atoms with Crippen LogP contribution in [0.3, 0.4) is 0 Å². The molecule has 2 aliphatic heterocycles. The first-order chi connectivity index (χ1) is 22.3. The van der Waals surface area contributed by atoms with Crippen LogP contribution in [0, 0.1) is 5.92 Å². The fraction of sp³-hybridized carbons (Fsp3) is 0.475. The molecule has 2 aromatic rings. The number of carbonyl (C=O) groups is 3. The van der Waals surface area contributed by atoms with Gasteiger partial charge in [0.15, 0.2) is 0 Å². The van der Waals surface area contributed by atoms with Gasteiger partial charge in [-0.1, -0.05) is 11.6 Å². The molecule has 4 rings (SSSR count). The van der Waals surface area contributed by atoms with Crippen LogP contribution in [0.15, 0.2) is 96.1 Å². The average molecular weight is 705 g/mol. The SMILES string of the molecule is C/C=C(C)/C=C/C=C(\C)CC[C@@H]1OC(C)(C)O[C@H]1CCC(=O)C1([Se]c2ccccc2)C[C@H](CC(C)C)N(C(=O)c2ccccc2)C1=O. The van der Waals surface area contributed by atoms with E-state index in [1.54, 1.807) is 24.3 Å². The van der Waals surface area contributed by atoms with E-state index in [4.69, 9.17) is 9.47 Å². The summed E-state index contributed by atoms with van der Waals surface area (Å²) in [5, 5.41) is 0. The number of ketones is 1. The zero-order chi connectivity index (χ0) is 34.2. The number of carbonyl (C=O) groups excluding carboxylic acids is 3. The van der Waals surface area contributed by atoms with Gasteiger partial charge in [0.05, 0.1) is 0 Å². The summed E-state index contributed by atoms with van der Waals surface area (Å²) in [4.78, 5) is 44.4. The molecule has 2 saturated heterocycles. The Bertz CT molecular complexity index is 1480. The molecule has 6 nitrogen and oxygen atoms in total. The second-order valence-electron chi connectivity index (χ2n) is 13.7. The van der Waals surface area contributed by atoms with Crippen LogP contribution in [0.4, 0.5) is 0 Å². The van der Waals surface area contributed by atoms with E-state index in [0.717, 1.165) is 17.3 Å². The first-order valence-corrected chi connectivity index (χ1v) is 18.6. The number of hydrogen-bond acceptors (Lipinski definition) is 5. The summed E-state index contributed by atoms with van der Waals surface area (Å²) in [6.07, 6.45) is 11.2. The van der Waals surface area contributed by atoms with Gasteiger partial charge in [-0.3, -0.25) is 0 Å². The molecular formula is C40H51NO5Se. The van der Waals surface area contributed by atoms with E-state index in [9.17, 15) is 14.4 Å². The first kappa shape index (κ1) is 36.7. The Morgan fingerprint density at radius 3 is 2.15 bits per heavy atom. The van der Waals surface area contributed by atoms with E-state index in [-0.39, 0.29) is 48.2 Å². The number of imide groups is 1. The molecule has 0 radical (unpaired) electrons. The summed E-state index contributed by atoms with van der Waals surface area (Å²) in [5.74, 6) is -1.28. The van der Waals surface area contributed by atoms with E-state index in [1.165, 1.54) is 16.0 Å². The number of allylic oxidation sites excluding steroid dienone is 6. The minimum atomic E-state index is -1.26. The summed E-state index contributed by atoms with van der Waals surface area (Å²) in [7, 11) is 0. The molecular weight excluding hydrogens is 653 g/mol. The maximum atomic E-state index is 14.6. The van der Waals surface area contributed by atoms with Crippen LogP contribution in [0.1, 0.15) is 97.3 Å². The number of hydrogen-bond donors (Lipinski definition) is 0. The second-order valence-corrected chi connectivity index (χ2v) is 16.6. The van der Waals surface area contributed by atoms with Crippen LogP contribution in [-0.2, 0) is 19.1 Å². The normalized spacial score (nSPS) is 24.9. The predicted molar refractivity (Wildman–Crippen MR) is 190 cm³/mol. The van der Waals surface area contributed by atoms with E-state index < -0.39 is 25.1 Å². The van der Waals surface area contributed by atoms with Crippen LogP contribution < -0.4 is 4.46 Å². The summed E-state index contributed by atoms with van der Waals surface area (Å²) < 4.78 is 12.4. The van der Waals surface area contributed by atoms with Crippen LogP contribution in [-0.4, -0.2) is 61.5 Å². The molecule has 47 heavy (non-hydrogen) atoms. The third-order valence-corrected chi connectivity index (χ3v) is 11.9. The second kappa shape index (κ2) is 16.3. The monoisotopic (exact) mass is 705 g/mol. The number of nitrogens with zero attached hydrogens (tertiary/aromatic N) is 1. The number of Topliss-reactive ketones (excluding diaryl/α,β-unsaturated/α-hetero) is 1. The fourth-order valence-electron chi connectivity index (χ4n) is 6.43. The first-order valence-electron chi connectivity index (χ1n) is 16.9. The van der Waals surface area contributed by atoms with Gasteiger partial charge in [-0.2, -0.15) is 0 Å². The van der Waals surface area contributed by atoms with Crippen molar-refractivity contribution in [1.29, 1.82) is 0 Å². The van der Waals surface area contributed by atoms with Crippen molar-refractivity contribution < 1.29 is 23.9 Å². The maximum absolute atomic E-state index is 14.6. The molecule has 2 heterocycles. The molecule has 252 valence electrons. The molecule has 2 amide bonds. The standard InChI is InChI=1S/C40H51NO5Se/c1-8-29(4)16-15-17-30(5)22-23-34-35(46-39(6,7)45-34)24-25-36(42)40(47-33-20-13-10-14-21-33)27-32(26-28(2)3)41(38(40)44)37(43)31-18-11-9-12-19-31/h8-21,28,32,34-35H,22-27H2,1-7H3/b16-15+,29-8+,30-17+/t32-,34-,35-,40?/m0/s1. The van der Waals surface area contributed by atoms with Gasteiger partial charge in [-0.25, -0.2) is 0 Å².